The van der Waals surface area contributed by atoms with E-state index < -0.39 is 30.3 Å². The molecule has 0 radical (unpaired) electrons. The van der Waals surface area contributed by atoms with Gasteiger partial charge in [-0.3, -0.25) is 24.5 Å². The van der Waals surface area contributed by atoms with Crippen molar-refractivity contribution in [3.05, 3.63) is 46.9 Å². The van der Waals surface area contributed by atoms with Crippen molar-refractivity contribution >= 4 is 46.4 Å². The number of amides is 2. The fraction of sp³-hybridized carbons (Fsp3) is 0.519. The number of pyridine rings is 1. The van der Waals surface area contributed by atoms with Crippen LogP contribution in [-0.2, 0) is 25.7 Å². The second-order valence-corrected chi connectivity index (χ2v) is 11.6. The van der Waals surface area contributed by atoms with Gasteiger partial charge < -0.3 is 20.5 Å². The highest BCUT2D eigenvalue weighted by molar-refractivity contribution is 8.13. The van der Waals surface area contributed by atoms with Crippen LogP contribution < -0.4 is 16.0 Å². The van der Waals surface area contributed by atoms with Gasteiger partial charge in [-0.15, -0.1) is 11.8 Å². The van der Waals surface area contributed by atoms with Crippen molar-refractivity contribution in [1.82, 2.24) is 20.9 Å². The van der Waals surface area contributed by atoms with Crippen molar-refractivity contribution in [1.29, 1.82) is 0 Å². The summed E-state index contributed by atoms with van der Waals surface area (Å²) in [6.45, 7) is 8.63. The third-order valence-corrected chi connectivity index (χ3v) is 7.35. The van der Waals surface area contributed by atoms with Gasteiger partial charge in [0.1, 0.15) is 24.1 Å². The number of aliphatic hydroxyl groups is 1. The van der Waals surface area contributed by atoms with E-state index in [1.54, 1.807) is 52.0 Å². The van der Waals surface area contributed by atoms with E-state index >= 15 is 0 Å². The van der Waals surface area contributed by atoms with E-state index in [4.69, 9.17) is 4.74 Å². The van der Waals surface area contributed by atoms with E-state index in [9.17, 15) is 24.3 Å². The number of hydrogen-bond acceptors (Lipinski definition) is 10. The first-order chi connectivity index (χ1) is 18.4. The summed E-state index contributed by atoms with van der Waals surface area (Å²) in [6.07, 6.45) is 3.42. The summed E-state index contributed by atoms with van der Waals surface area (Å²) in [7, 11) is 0. The molecule has 0 spiro atoms. The van der Waals surface area contributed by atoms with Crippen LogP contribution in [0.1, 0.15) is 63.6 Å². The number of hydrogen-bond donors (Lipinski definition) is 4. The number of carbonyl (C=O) groups is 4. The summed E-state index contributed by atoms with van der Waals surface area (Å²) in [5.74, 6) is -1.25. The number of aliphatic hydroxyl groups excluding tert-OH is 1. The number of thioether (sulfide) groups is 2. The molecular weight excluding hydrogens is 540 g/mol. The lowest BCUT2D eigenvalue weighted by Gasteiger charge is -2.28. The van der Waals surface area contributed by atoms with Gasteiger partial charge in [-0.2, -0.15) is 0 Å². The number of fused-ring (bicyclic) bond motifs is 2. The average Bonchev–Trinajstić information content (AvgIpc) is 2.87. The van der Waals surface area contributed by atoms with Gasteiger partial charge in [0.2, 0.25) is 5.91 Å². The van der Waals surface area contributed by atoms with E-state index in [-0.39, 0.29) is 41.3 Å². The number of ether oxygens (including phenoxy) is 1. The molecule has 0 saturated heterocycles. The molecule has 2 amide bonds. The Labute approximate surface area is 238 Å². The van der Waals surface area contributed by atoms with Crippen molar-refractivity contribution < 1.29 is 29.0 Å². The molecule has 10 nitrogen and oxygen atoms in total. The Kier molecular flexibility index (Phi) is 13.2. The fourth-order valence-corrected chi connectivity index (χ4v) is 4.76. The standard InChI is InChI=1S/C27H38N4O6S2/c1-15(2)22-25(34)31-23(16(3)4)27(36)37-19(9-7-8-12-39-17(5)32)13-21(33)28-14-18-10-11-20(38-6)24(29-18)26(35)30-22/h7,9-11,16,19,23,25,31,34H,8,12-14H2,1-6H3,(H,28,33)(H,30,35)/b9-7+/t19-,23+,25?/m1/s1. The number of esters is 1. The molecule has 0 fully saturated rings. The van der Waals surface area contributed by atoms with Crippen LogP contribution in [0.3, 0.4) is 0 Å². The van der Waals surface area contributed by atoms with E-state index in [2.05, 4.69) is 20.9 Å². The first kappa shape index (κ1) is 32.5. The lowest BCUT2D eigenvalue weighted by molar-refractivity contribution is -0.152. The van der Waals surface area contributed by atoms with Crippen molar-refractivity contribution in [2.45, 2.75) is 77.3 Å². The number of aromatic nitrogens is 1. The number of nitrogens with zero attached hydrogens (tertiary/aromatic N) is 1. The maximum Gasteiger partial charge on any atom is 0.324 e. The summed E-state index contributed by atoms with van der Waals surface area (Å²) >= 11 is 2.54. The molecule has 1 unspecified atom stereocenters. The Morgan fingerprint density at radius 1 is 1.23 bits per heavy atom. The van der Waals surface area contributed by atoms with E-state index in [1.165, 1.54) is 30.4 Å². The predicted octanol–water partition coefficient (Wildman–Crippen LogP) is 2.92. The Balaban J connectivity index is 2.44. The zero-order valence-electron chi connectivity index (χ0n) is 23.2. The fourth-order valence-electron chi connectivity index (χ4n) is 3.68. The summed E-state index contributed by atoms with van der Waals surface area (Å²) in [5, 5.41) is 19.4. The zero-order chi connectivity index (χ0) is 29.1. The normalized spacial score (nSPS) is 21.5. The summed E-state index contributed by atoms with van der Waals surface area (Å²) in [6, 6.07) is 2.55. The van der Waals surface area contributed by atoms with Gasteiger partial charge in [0.25, 0.3) is 5.91 Å². The number of allylic oxidation sites excluding steroid dienone is 2. The third-order valence-electron chi connectivity index (χ3n) is 5.73. The van der Waals surface area contributed by atoms with Gasteiger partial charge in [-0.25, -0.2) is 4.98 Å². The second-order valence-electron chi connectivity index (χ2n) is 9.53. The van der Waals surface area contributed by atoms with Crippen LogP contribution in [0.5, 0.6) is 0 Å². The summed E-state index contributed by atoms with van der Waals surface area (Å²) < 4.78 is 5.71. The molecule has 0 aromatic carbocycles. The maximum absolute atomic E-state index is 13.2. The number of nitrogens with one attached hydrogen (secondary N) is 3. The molecule has 2 bridgehead atoms. The molecule has 214 valence electrons. The predicted molar refractivity (Wildman–Crippen MR) is 153 cm³/mol. The first-order valence-corrected chi connectivity index (χ1v) is 14.9. The molecule has 1 aromatic rings. The molecule has 2 heterocycles. The third kappa shape index (κ3) is 10.4. The van der Waals surface area contributed by atoms with Gasteiger partial charge >= 0.3 is 5.97 Å². The summed E-state index contributed by atoms with van der Waals surface area (Å²) in [4.78, 5) is 55.5. The number of rotatable bonds is 6. The minimum atomic E-state index is -1.38. The molecule has 1 aliphatic heterocycles. The molecule has 1 aromatic heterocycles. The molecule has 2 rings (SSSR count). The molecule has 3 atom stereocenters. The van der Waals surface area contributed by atoms with E-state index in [0.717, 1.165) is 0 Å². The molecule has 39 heavy (non-hydrogen) atoms. The molecule has 12 heteroatoms. The monoisotopic (exact) mass is 578 g/mol. The number of carbonyl (C=O) groups excluding carboxylic acids is 4. The maximum atomic E-state index is 13.2. The van der Waals surface area contributed by atoms with Crippen LogP contribution in [0.4, 0.5) is 0 Å². The Bertz CT molecular complexity index is 1120. The Hall–Kier alpha value is -2.67. The highest BCUT2D eigenvalue weighted by atomic mass is 32.2. The van der Waals surface area contributed by atoms with Crippen LogP contribution in [0.25, 0.3) is 0 Å². The Morgan fingerprint density at radius 2 is 1.95 bits per heavy atom. The first-order valence-electron chi connectivity index (χ1n) is 12.7. The second kappa shape index (κ2) is 15.8. The average molecular weight is 579 g/mol. The Morgan fingerprint density at radius 3 is 2.56 bits per heavy atom. The lowest BCUT2D eigenvalue weighted by Crippen LogP contribution is -2.51. The molecule has 0 saturated carbocycles. The van der Waals surface area contributed by atoms with Gasteiger partial charge in [0, 0.05) is 17.6 Å². The zero-order valence-corrected chi connectivity index (χ0v) is 24.8. The van der Waals surface area contributed by atoms with Gasteiger partial charge in [0.15, 0.2) is 5.12 Å². The highest BCUT2D eigenvalue weighted by Crippen LogP contribution is 2.21. The van der Waals surface area contributed by atoms with E-state index in [1.807, 2.05) is 6.26 Å². The molecule has 4 N–H and O–H groups in total. The lowest BCUT2D eigenvalue weighted by atomic mass is 10.0. The van der Waals surface area contributed by atoms with Crippen molar-refractivity contribution in [2.24, 2.45) is 5.92 Å². The van der Waals surface area contributed by atoms with Crippen LogP contribution >= 0.6 is 23.5 Å². The minimum absolute atomic E-state index is 0.0116. The van der Waals surface area contributed by atoms with Gasteiger partial charge in [0.05, 0.1) is 24.4 Å². The minimum Gasteiger partial charge on any atom is -0.456 e. The highest BCUT2D eigenvalue weighted by Gasteiger charge is 2.31. The molecular formula is C27H38N4O6S2. The van der Waals surface area contributed by atoms with Crippen LogP contribution in [0, 0.1) is 5.92 Å². The van der Waals surface area contributed by atoms with Crippen LogP contribution in [0.2, 0.25) is 0 Å². The SMILES string of the molecule is CSc1ccc2nc1C(=O)NC(=C(C)C)C(O)N[C@@H](C(C)C)C(=O)O[C@H](/C=C/CCSC(C)=O)CC(=O)NC2. The van der Waals surface area contributed by atoms with Crippen molar-refractivity contribution in [3.63, 3.8) is 0 Å². The largest absolute Gasteiger partial charge is 0.456 e. The topological polar surface area (TPSA) is 147 Å². The summed E-state index contributed by atoms with van der Waals surface area (Å²) in [5.41, 5.74) is 1.48. The van der Waals surface area contributed by atoms with Crippen molar-refractivity contribution in [2.75, 3.05) is 12.0 Å². The van der Waals surface area contributed by atoms with Crippen LogP contribution in [-0.4, -0.2) is 63.4 Å². The molecule has 1 aliphatic rings. The smallest absolute Gasteiger partial charge is 0.324 e. The van der Waals surface area contributed by atoms with Gasteiger partial charge in [-0.1, -0.05) is 37.3 Å². The van der Waals surface area contributed by atoms with Crippen LogP contribution in [0.15, 0.2) is 40.5 Å². The van der Waals surface area contributed by atoms with Gasteiger partial charge in [-0.05, 0) is 50.7 Å². The number of cyclic esters (lactones) is 1. The molecule has 0 aliphatic carbocycles. The van der Waals surface area contributed by atoms with E-state index in [0.29, 0.717) is 28.3 Å². The quantitative estimate of drug-likeness (QED) is 0.172. The van der Waals surface area contributed by atoms with Crippen molar-refractivity contribution in [3.8, 4) is 0 Å².